The average molecular weight is 217 g/mol. The van der Waals surface area contributed by atoms with E-state index in [1.165, 1.54) is 17.1 Å². The Balaban J connectivity index is 3.05. The van der Waals surface area contributed by atoms with Gasteiger partial charge >= 0.3 is 5.97 Å². The van der Waals surface area contributed by atoms with Crippen LogP contribution in [-0.4, -0.2) is 20.9 Å². The highest BCUT2D eigenvalue weighted by atomic mass is 35.5. The summed E-state index contributed by atoms with van der Waals surface area (Å²) in [4.78, 5) is 11.1. The number of carboxylic acids is 1. The molecule has 1 rings (SSSR count). The summed E-state index contributed by atoms with van der Waals surface area (Å²) in [6, 6.07) is 0. The number of aromatic nitrogens is 2. The molecule has 0 saturated heterocycles. The molecule has 0 saturated carbocycles. The van der Waals surface area contributed by atoms with Gasteiger partial charge in [0.1, 0.15) is 0 Å². The fourth-order valence-electron chi connectivity index (χ4n) is 1.38. The highest BCUT2D eigenvalue weighted by molar-refractivity contribution is 6.30. The van der Waals surface area contributed by atoms with E-state index in [2.05, 4.69) is 5.10 Å². The van der Waals surface area contributed by atoms with E-state index in [-0.39, 0.29) is 0 Å². The van der Waals surface area contributed by atoms with Gasteiger partial charge in [-0.2, -0.15) is 5.10 Å². The number of hydrogen-bond donors (Lipinski definition) is 1. The summed E-state index contributed by atoms with van der Waals surface area (Å²) in [6.07, 6.45) is 4.28. The minimum Gasteiger partial charge on any atom is -0.479 e. The van der Waals surface area contributed by atoms with Crippen molar-refractivity contribution in [3.05, 3.63) is 17.4 Å². The fourth-order valence-corrected chi connectivity index (χ4v) is 1.51. The van der Waals surface area contributed by atoms with Gasteiger partial charge in [0.15, 0.2) is 5.54 Å². The predicted molar refractivity (Wildman–Crippen MR) is 53.4 cm³/mol. The first-order chi connectivity index (χ1) is 6.50. The first-order valence-corrected chi connectivity index (χ1v) is 4.82. The zero-order valence-corrected chi connectivity index (χ0v) is 8.95. The maximum Gasteiger partial charge on any atom is 0.331 e. The molecule has 4 nitrogen and oxygen atoms in total. The van der Waals surface area contributed by atoms with Gasteiger partial charge < -0.3 is 5.11 Å². The predicted octanol–water partition coefficient (Wildman–Crippen LogP) is 2.14. The van der Waals surface area contributed by atoms with Crippen LogP contribution in [0.25, 0.3) is 0 Å². The first-order valence-electron chi connectivity index (χ1n) is 4.44. The van der Waals surface area contributed by atoms with E-state index >= 15 is 0 Å². The second kappa shape index (κ2) is 4.00. The Morgan fingerprint density at radius 2 is 2.43 bits per heavy atom. The van der Waals surface area contributed by atoms with E-state index in [1.807, 2.05) is 6.92 Å². The van der Waals surface area contributed by atoms with Gasteiger partial charge in [-0.25, -0.2) is 4.79 Å². The van der Waals surface area contributed by atoms with Gasteiger partial charge in [0.05, 0.1) is 11.2 Å². The lowest BCUT2D eigenvalue weighted by Crippen LogP contribution is -2.39. The molecule has 0 spiro atoms. The second-order valence-corrected chi connectivity index (χ2v) is 3.87. The Morgan fingerprint density at radius 3 is 2.79 bits per heavy atom. The van der Waals surface area contributed by atoms with E-state index in [4.69, 9.17) is 16.7 Å². The fraction of sp³-hybridized carbons (Fsp3) is 0.556. The smallest absolute Gasteiger partial charge is 0.331 e. The van der Waals surface area contributed by atoms with Crippen LogP contribution in [-0.2, 0) is 10.3 Å². The molecule has 0 radical (unpaired) electrons. The van der Waals surface area contributed by atoms with Gasteiger partial charge in [0.2, 0.25) is 0 Å². The molecule has 78 valence electrons. The minimum atomic E-state index is -0.998. The van der Waals surface area contributed by atoms with E-state index < -0.39 is 11.5 Å². The second-order valence-electron chi connectivity index (χ2n) is 3.43. The van der Waals surface area contributed by atoms with Crippen LogP contribution in [0.2, 0.25) is 5.02 Å². The van der Waals surface area contributed by atoms with Crippen molar-refractivity contribution in [1.29, 1.82) is 0 Å². The third-order valence-corrected chi connectivity index (χ3v) is 2.45. The molecular formula is C9H13ClN2O2. The number of halogens is 1. The maximum atomic E-state index is 11.1. The van der Waals surface area contributed by atoms with Crippen LogP contribution in [0.4, 0.5) is 0 Å². The van der Waals surface area contributed by atoms with Crippen molar-refractivity contribution in [2.75, 3.05) is 0 Å². The Labute approximate surface area is 87.5 Å². The molecule has 0 bridgehead atoms. The van der Waals surface area contributed by atoms with Crippen LogP contribution in [0.5, 0.6) is 0 Å². The summed E-state index contributed by atoms with van der Waals surface area (Å²) in [5.41, 5.74) is -0.998. The van der Waals surface area contributed by atoms with Crippen molar-refractivity contribution < 1.29 is 9.90 Å². The summed E-state index contributed by atoms with van der Waals surface area (Å²) in [6.45, 7) is 3.58. The molecule has 0 aromatic carbocycles. The molecule has 1 aromatic heterocycles. The Hall–Kier alpha value is -1.03. The number of carbonyl (C=O) groups is 1. The minimum absolute atomic E-state index is 0.452. The molecule has 1 heterocycles. The SMILES string of the molecule is CCCC(C)(C(=O)O)n1cc(Cl)cn1. The molecule has 1 aromatic rings. The van der Waals surface area contributed by atoms with Gasteiger partial charge in [-0.3, -0.25) is 4.68 Å². The number of hydrogen-bond acceptors (Lipinski definition) is 2. The Morgan fingerprint density at radius 1 is 1.79 bits per heavy atom. The zero-order valence-electron chi connectivity index (χ0n) is 8.20. The third kappa shape index (κ3) is 1.90. The van der Waals surface area contributed by atoms with E-state index in [9.17, 15) is 4.79 Å². The van der Waals surface area contributed by atoms with Gasteiger partial charge in [-0.05, 0) is 13.3 Å². The van der Waals surface area contributed by atoms with E-state index in [1.54, 1.807) is 6.92 Å². The molecular weight excluding hydrogens is 204 g/mol. The Kier molecular flexibility index (Phi) is 3.16. The molecule has 1 atom stereocenters. The maximum absolute atomic E-state index is 11.1. The van der Waals surface area contributed by atoms with Crippen molar-refractivity contribution in [3.63, 3.8) is 0 Å². The topological polar surface area (TPSA) is 55.1 Å². The quantitative estimate of drug-likeness (QED) is 0.839. The average Bonchev–Trinajstić information content (AvgIpc) is 2.52. The molecule has 5 heteroatoms. The van der Waals surface area contributed by atoms with Crippen molar-refractivity contribution in [1.82, 2.24) is 9.78 Å². The van der Waals surface area contributed by atoms with Crippen molar-refractivity contribution >= 4 is 17.6 Å². The number of carboxylic acid groups (broad SMARTS) is 1. The number of aliphatic carboxylic acids is 1. The first kappa shape index (κ1) is 11.0. The molecule has 0 amide bonds. The third-order valence-electron chi connectivity index (χ3n) is 2.25. The summed E-state index contributed by atoms with van der Waals surface area (Å²) in [5.74, 6) is -0.890. The van der Waals surface area contributed by atoms with Crippen LogP contribution in [0.1, 0.15) is 26.7 Å². The van der Waals surface area contributed by atoms with Crippen LogP contribution in [0.3, 0.4) is 0 Å². The van der Waals surface area contributed by atoms with Gasteiger partial charge in [0, 0.05) is 6.20 Å². The molecule has 1 N–H and O–H groups in total. The summed E-state index contributed by atoms with van der Waals surface area (Å²) in [5, 5.41) is 13.5. The largest absolute Gasteiger partial charge is 0.479 e. The molecule has 1 unspecified atom stereocenters. The molecule has 0 aliphatic heterocycles. The van der Waals surface area contributed by atoms with Crippen molar-refractivity contribution in [2.24, 2.45) is 0 Å². The summed E-state index contributed by atoms with van der Waals surface area (Å²) >= 11 is 5.70. The lowest BCUT2D eigenvalue weighted by atomic mass is 9.97. The Bertz CT molecular complexity index is 337. The van der Waals surface area contributed by atoms with Gasteiger partial charge in [-0.15, -0.1) is 0 Å². The lowest BCUT2D eigenvalue weighted by Gasteiger charge is -2.24. The van der Waals surface area contributed by atoms with E-state index in [0.29, 0.717) is 11.4 Å². The summed E-state index contributed by atoms with van der Waals surface area (Å²) in [7, 11) is 0. The van der Waals surface area contributed by atoms with Crippen LogP contribution < -0.4 is 0 Å². The van der Waals surface area contributed by atoms with Gasteiger partial charge in [-0.1, -0.05) is 24.9 Å². The van der Waals surface area contributed by atoms with Gasteiger partial charge in [0.25, 0.3) is 0 Å². The van der Waals surface area contributed by atoms with E-state index in [0.717, 1.165) is 6.42 Å². The van der Waals surface area contributed by atoms with Crippen molar-refractivity contribution in [3.8, 4) is 0 Å². The monoisotopic (exact) mass is 216 g/mol. The lowest BCUT2D eigenvalue weighted by molar-refractivity contribution is -0.147. The summed E-state index contributed by atoms with van der Waals surface area (Å²) < 4.78 is 1.40. The molecule has 0 aliphatic carbocycles. The standard InChI is InChI=1S/C9H13ClN2O2/c1-3-4-9(2,8(13)14)12-6-7(10)5-11-12/h5-6H,3-4H2,1-2H3,(H,13,14). The van der Waals surface area contributed by atoms with Crippen LogP contribution in [0.15, 0.2) is 12.4 Å². The molecule has 0 fully saturated rings. The highest BCUT2D eigenvalue weighted by Crippen LogP contribution is 2.23. The highest BCUT2D eigenvalue weighted by Gasteiger charge is 2.34. The zero-order chi connectivity index (χ0) is 10.8. The van der Waals surface area contributed by atoms with Crippen molar-refractivity contribution in [2.45, 2.75) is 32.2 Å². The molecule has 0 aliphatic rings. The van der Waals surface area contributed by atoms with Crippen LogP contribution >= 0.6 is 11.6 Å². The van der Waals surface area contributed by atoms with Crippen LogP contribution in [0, 0.1) is 0 Å². The molecule has 14 heavy (non-hydrogen) atoms. The normalized spacial score (nSPS) is 15.1. The number of rotatable bonds is 4. The number of nitrogens with zero attached hydrogens (tertiary/aromatic N) is 2.